The van der Waals surface area contributed by atoms with E-state index in [1.165, 1.54) is 19.3 Å². The second-order valence-corrected chi connectivity index (χ2v) is 5.04. The van der Waals surface area contributed by atoms with Crippen LogP contribution in [0.4, 0.5) is 5.69 Å². The lowest BCUT2D eigenvalue weighted by molar-refractivity contribution is 0.0165. The quantitative estimate of drug-likeness (QED) is 0.658. The van der Waals surface area contributed by atoms with Gasteiger partial charge in [0.25, 0.3) is 0 Å². The number of carbonyl (C=O) groups excluding carboxylic acids is 1. The highest BCUT2D eigenvalue weighted by atomic mass is 16.5. The minimum Gasteiger partial charge on any atom is -0.459 e. The van der Waals surface area contributed by atoms with Crippen molar-refractivity contribution in [2.24, 2.45) is 5.92 Å². The van der Waals surface area contributed by atoms with Crippen molar-refractivity contribution >= 4 is 11.7 Å². The topological polar surface area (TPSA) is 52.3 Å². The molecule has 1 saturated carbocycles. The van der Waals surface area contributed by atoms with Crippen LogP contribution < -0.4 is 5.73 Å². The molecule has 0 aromatic heterocycles. The van der Waals surface area contributed by atoms with Gasteiger partial charge in [-0.05, 0) is 43.7 Å². The van der Waals surface area contributed by atoms with Crippen LogP contribution in [0.1, 0.15) is 49.4 Å². The fraction of sp³-hybridized carbons (Fsp3) is 0.533. The van der Waals surface area contributed by atoms with Gasteiger partial charge in [-0.3, -0.25) is 0 Å². The average molecular weight is 247 g/mol. The monoisotopic (exact) mass is 247 g/mol. The molecule has 0 radical (unpaired) electrons. The zero-order chi connectivity index (χ0) is 13.0. The van der Waals surface area contributed by atoms with Gasteiger partial charge in [0.1, 0.15) is 6.10 Å². The van der Waals surface area contributed by atoms with E-state index in [0.29, 0.717) is 11.3 Å². The Labute approximate surface area is 108 Å². The highest BCUT2D eigenvalue weighted by Gasteiger charge is 2.23. The third-order valence-corrected chi connectivity index (χ3v) is 3.83. The number of benzene rings is 1. The Morgan fingerprint density at radius 2 is 1.94 bits per heavy atom. The Kier molecular flexibility index (Phi) is 4.24. The lowest BCUT2D eigenvalue weighted by Gasteiger charge is -2.27. The Morgan fingerprint density at radius 1 is 1.28 bits per heavy atom. The van der Waals surface area contributed by atoms with E-state index >= 15 is 0 Å². The highest BCUT2D eigenvalue weighted by Crippen LogP contribution is 2.29. The molecule has 0 spiro atoms. The molecule has 0 amide bonds. The van der Waals surface area contributed by atoms with Crippen molar-refractivity contribution in [3.8, 4) is 0 Å². The van der Waals surface area contributed by atoms with Crippen LogP contribution in [-0.4, -0.2) is 12.1 Å². The summed E-state index contributed by atoms with van der Waals surface area (Å²) in [6.45, 7) is 2.22. The second kappa shape index (κ2) is 5.89. The van der Waals surface area contributed by atoms with Crippen LogP contribution >= 0.6 is 0 Å². The molecule has 1 aliphatic rings. The van der Waals surface area contributed by atoms with Gasteiger partial charge in [-0.2, -0.15) is 0 Å². The number of rotatable bonds is 3. The predicted molar refractivity (Wildman–Crippen MR) is 72.3 cm³/mol. The first-order valence-corrected chi connectivity index (χ1v) is 6.76. The molecule has 3 heteroatoms. The Bertz CT molecular complexity index is 409. The Hall–Kier alpha value is -1.51. The van der Waals surface area contributed by atoms with Crippen molar-refractivity contribution in [1.82, 2.24) is 0 Å². The maximum Gasteiger partial charge on any atom is 0.340 e. The molecule has 1 aliphatic carbocycles. The van der Waals surface area contributed by atoms with Crippen LogP contribution in [-0.2, 0) is 4.74 Å². The van der Waals surface area contributed by atoms with Crippen molar-refractivity contribution < 1.29 is 9.53 Å². The lowest BCUT2D eigenvalue weighted by atomic mass is 9.86. The van der Waals surface area contributed by atoms with Gasteiger partial charge in [0.15, 0.2) is 0 Å². The maximum absolute atomic E-state index is 12.0. The van der Waals surface area contributed by atoms with Gasteiger partial charge in [-0.25, -0.2) is 4.79 Å². The summed E-state index contributed by atoms with van der Waals surface area (Å²) < 4.78 is 5.53. The summed E-state index contributed by atoms with van der Waals surface area (Å²) in [6, 6.07) is 7.07. The number of nitrogen functional groups attached to an aromatic ring is 1. The van der Waals surface area contributed by atoms with Crippen molar-refractivity contribution in [1.29, 1.82) is 0 Å². The zero-order valence-electron chi connectivity index (χ0n) is 10.9. The molecule has 3 nitrogen and oxygen atoms in total. The molecule has 1 fully saturated rings. The minimum atomic E-state index is -0.284. The summed E-state index contributed by atoms with van der Waals surface area (Å²) in [5.41, 5.74) is 6.74. The fourth-order valence-corrected chi connectivity index (χ4v) is 2.56. The average Bonchev–Trinajstić information content (AvgIpc) is 2.40. The van der Waals surface area contributed by atoms with Crippen LogP contribution in [0.3, 0.4) is 0 Å². The van der Waals surface area contributed by atoms with Crippen LogP contribution in [0, 0.1) is 5.92 Å². The van der Waals surface area contributed by atoms with E-state index < -0.39 is 0 Å². The van der Waals surface area contributed by atoms with E-state index in [0.717, 1.165) is 18.8 Å². The van der Waals surface area contributed by atoms with Gasteiger partial charge in [-0.1, -0.05) is 25.5 Å². The molecular weight excluding hydrogens is 226 g/mol. The fourth-order valence-electron chi connectivity index (χ4n) is 2.56. The van der Waals surface area contributed by atoms with Gasteiger partial charge in [0, 0.05) is 5.69 Å². The lowest BCUT2D eigenvalue weighted by Crippen LogP contribution is -2.24. The molecule has 98 valence electrons. The van der Waals surface area contributed by atoms with Crippen molar-refractivity contribution in [3.63, 3.8) is 0 Å². The molecule has 1 aromatic carbocycles. The predicted octanol–water partition coefficient (Wildman–Crippen LogP) is 3.39. The van der Waals surface area contributed by atoms with E-state index in [4.69, 9.17) is 10.5 Å². The molecule has 0 atom stereocenters. The van der Waals surface area contributed by atoms with Gasteiger partial charge in [0.2, 0.25) is 0 Å². The molecule has 0 bridgehead atoms. The van der Waals surface area contributed by atoms with E-state index in [1.54, 1.807) is 18.2 Å². The summed E-state index contributed by atoms with van der Waals surface area (Å²) in [7, 11) is 0. The van der Waals surface area contributed by atoms with E-state index in [1.807, 2.05) is 6.07 Å². The smallest absolute Gasteiger partial charge is 0.340 e. The van der Waals surface area contributed by atoms with Gasteiger partial charge in [-0.15, -0.1) is 0 Å². The number of hydrogen-bond donors (Lipinski definition) is 1. The van der Waals surface area contributed by atoms with Crippen molar-refractivity contribution in [2.75, 3.05) is 5.73 Å². The molecule has 0 saturated heterocycles. The maximum atomic E-state index is 12.0. The summed E-state index contributed by atoms with van der Waals surface area (Å²) in [5.74, 6) is 0.523. The number of nitrogens with two attached hydrogens (primary N) is 1. The largest absolute Gasteiger partial charge is 0.459 e. The molecule has 2 rings (SSSR count). The van der Waals surface area contributed by atoms with Crippen LogP contribution in [0.25, 0.3) is 0 Å². The van der Waals surface area contributed by atoms with E-state index in [2.05, 4.69) is 6.92 Å². The molecular formula is C15H21NO2. The molecule has 18 heavy (non-hydrogen) atoms. The standard InChI is InChI=1S/C15H21NO2/c1-2-11-7-9-12(10-8-11)18-15(17)13-5-3-4-6-14(13)16/h3-6,11-12H,2,7-10,16H2,1H3. The highest BCUT2D eigenvalue weighted by molar-refractivity contribution is 5.95. The molecule has 0 unspecified atom stereocenters. The van der Waals surface area contributed by atoms with Crippen LogP contribution in [0.2, 0.25) is 0 Å². The Balaban J connectivity index is 1.91. The molecule has 0 heterocycles. The van der Waals surface area contributed by atoms with Gasteiger partial charge >= 0.3 is 5.97 Å². The number of para-hydroxylation sites is 1. The zero-order valence-corrected chi connectivity index (χ0v) is 10.9. The number of esters is 1. The summed E-state index contributed by atoms with van der Waals surface area (Å²) >= 11 is 0. The summed E-state index contributed by atoms with van der Waals surface area (Å²) in [4.78, 5) is 12.0. The molecule has 2 N–H and O–H groups in total. The third-order valence-electron chi connectivity index (χ3n) is 3.83. The normalized spacial score (nSPS) is 23.6. The van der Waals surface area contributed by atoms with E-state index in [-0.39, 0.29) is 12.1 Å². The first kappa shape index (κ1) is 12.9. The summed E-state index contributed by atoms with van der Waals surface area (Å²) in [5, 5.41) is 0. The minimum absolute atomic E-state index is 0.0694. The first-order chi connectivity index (χ1) is 8.70. The first-order valence-electron chi connectivity index (χ1n) is 6.76. The third kappa shape index (κ3) is 3.03. The van der Waals surface area contributed by atoms with E-state index in [9.17, 15) is 4.79 Å². The van der Waals surface area contributed by atoms with Crippen molar-refractivity contribution in [2.45, 2.75) is 45.1 Å². The number of ether oxygens (including phenoxy) is 1. The SMILES string of the molecule is CCC1CCC(OC(=O)c2ccccc2N)CC1. The summed E-state index contributed by atoms with van der Waals surface area (Å²) in [6.07, 6.45) is 5.59. The van der Waals surface area contributed by atoms with Gasteiger partial charge in [0.05, 0.1) is 5.56 Å². The number of carbonyl (C=O) groups is 1. The van der Waals surface area contributed by atoms with Crippen molar-refractivity contribution in [3.05, 3.63) is 29.8 Å². The van der Waals surface area contributed by atoms with Crippen LogP contribution in [0.15, 0.2) is 24.3 Å². The number of hydrogen-bond acceptors (Lipinski definition) is 3. The molecule has 0 aliphatic heterocycles. The Morgan fingerprint density at radius 3 is 2.56 bits per heavy atom. The van der Waals surface area contributed by atoms with Crippen LogP contribution in [0.5, 0.6) is 0 Å². The molecule has 1 aromatic rings. The number of anilines is 1. The van der Waals surface area contributed by atoms with Gasteiger partial charge < -0.3 is 10.5 Å². The second-order valence-electron chi connectivity index (χ2n) is 5.04.